The molecule has 0 bridgehead atoms. The van der Waals surface area contributed by atoms with Gasteiger partial charge in [0.2, 0.25) is 5.91 Å². The van der Waals surface area contributed by atoms with E-state index in [1.807, 2.05) is 12.1 Å². The average Bonchev–Trinajstić information content (AvgIpc) is 2.66. The highest BCUT2D eigenvalue weighted by atomic mass is 32.2. The fourth-order valence-corrected chi connectivity index (χ4v) is 4.73. The van der Waals surface area contributed by atoms with Crippen LogP contribution in [0.5, 0.6) is 0 Å². The monoisotopic (exact) mass is 422 g/mol. The van der Waals surface area contributed by atoms with Crippen molar-refractivity contribution < 1.29 is 13.2 Å². The fourth-order valence-electron chi connectivity index (χ4n) is 4.10. The van der Waals surface area contributed by atoms with Crippen molar-refractivity contribution in [1.82, 2.24) is 9.80 Å². The fraction of sp³-hybridized carbons (Fsp3) is 0.696. The van der Waals surface area contributed by atoms with Crippen molar-refractivity contribution in [2.45, 2.75) is 76.2 Å². The number of sulfone groups is 1. The molecule has 2 rings (SSSR count). The van der Waals surface area contributed by atoms with E-state index in [0.29, 0.717) is 16.8 Å². The molecule has 0 spiro atoms. The van der Waals surface area contributed by atoms with Gasteiger partial charge < -0.3 is 9.80 Å². The summed E-state index contributed by atoms with van der Waals surface area (Å²) in [6, 6.07) is 7.65. The maximum absolute atomic E-state index is 12.2. The predicted octanol–water partition coefficient (Wildman–Crippen LogP) is 3.92. The molecule has 0 aliphatic carbocycles. The summed E-state index contributed by atoms with van der Waals surface area (Å²) in [5, 5.41) is 0. The zero-order chi connectivity index (χ0) is 21.3. The Balaban J connectivity index is 1.77. The van der Waals surface area contributed by atoms with Crippen LogP contribution in [-0.4, -0.2) is 62.6 Å². The van der Waals surface area contributed by atoms with E-state index in [0.717, 1.165) is 70.3 Å². The molecule has 1 heterocycles. The van der Waals surface area contributed by atoms with Gasteiger partial charge in [0.25, 0.3) is 0 Å². The Morgan fingerprint density at radius 1 is 1.07 bits per heavy atom. The number of likely N-dealkylation sites (N-methyl/N-ethyl adjacent to an activating group) is 1. The molecule has 0 aromatic heterocycles. The van der Waals surface area contributed by atoms with Crippen molar-refractivity contribution >= 4 is 15.7 Å². The van der Waals surface area contributed by atoms with E-state index in [1.54, 1.807) is 12.1 Å². The van der Waals surface area contributed by atoms with E-state index in [4.69, 9.17) is 0 Å². The van der Waals surface area contributed by atoms with E-state index < -0.39 is 9.84 Å². The van der Waals surface area contributed by atoms with E-state index in [9.17, 15) is 13.2 Å². The van der Waals surface area contributed by atoms with Gasteiger partial charge in [0.15, 0.2) is 9.84 Å². The highest BCUT2D eigenvalue weighted by Crippen LogP contribution is 2.15. The minimum absolute atomic E-state index is 0.336. The number of carbonyl (C=O) groups is 1. The molecular formula is C23H38N2O3S. The molecule has 29 heavy (non-hydrogen) atoms. The van der Waals surface area contributed by atoms with Crippen LogP contribution in [0, 0.1) is 0 Å². The summed E-state index contributed by atoms with van der Waals surface area (Å²) in [4.78, 5) is 17.1. The van der Waals surface area contributed by atoms with Crippen LogP contribution in [0.4, 0.5) is 0 Å². The first-order chi connectivity index (χ1) is 13.8. The first-order valence-corrected chi connectivity index (χ1v) is 13.0. The maximum Gasteiger partial charge on any atom is 0.222 e. The standard InChI is InChI=1S/C23H38N2O3S/c1-4-24(16-9-10-18-25-17-8-6-5-7-11-23(25)26)20(2)19-21-12-14-22(15-13-21)29(3,27)28/h12-15,20H,4-11,16-19H2,1-3H3. The van der Waals surface area contributed by atoms with E-state index in [1.165, 1.54) is 19.1 Å². The second-order valence-corrected chi connectivity index (χ2v) is 10.4. The summed E-state index contributed by atoms with van der Waals surface area (Å²) < 4.78 is 23.2. The molecule has 1 amide bonds. The van der Waals surface area contributed by atoms with Gasteiger partial charge in [0.1, 0.15) is 0 Å². The molecule has 1 unspecified atom stereocenters. The smallest absolute Gasteiger partial charge is 0.222 e. The molecule has 164 valence electrons. The lowest BCUT2D eigenvalue weighted by molar-refractivity contribution is -0.131. The molecule has 0 N–H and O–H groups in total. The van der Waals surface area contributed by atoms with Gasteiger partial charge in [-0.3, -0.25) is 4.79 Å². The number of amides is 1. The lowest BCUT2D eigenvalue weighted by Crippen LogP contribution is -2.36. The molecule has 1 fully saturated rings. The van der Waals surface area contributed by atoms with Crippen LogP contribution >= 0.6 is 0 Å². The van der Waals surface area contributed by atoms with Crippen LogP contribution < -0.4 is 0 Å². The number of carbonyl (C=O) groups excluding carboxylic acids is 1. The molecule has 1 aromatic rings. The normalized spacial score (nSPS) is 17.2. The molecule has 0 radical (unpaired) electrons. The predicted molar refractivity (Wildman–Crippen MR) is 119 cm³/mol. The van der Waals surface area contributed by atoms with Crippen molar-refractivity contribution in [3.8, 4) is 0 Å². The SMILES string of the molecule is CCN(CCCCN1CCCCCCC1=O)C(C)Cc1ccc(S(C)(=O)=O)cc1. The number of unbranched alkanes of at least 4 members (excludes halogenated alkanes) is 1. The van der Waals surface area contributed by atoms with Crippen LogP contribution in [0.1, 0.15) is 64.4 Å². The van der Waals surface area contributed by atoms with Crippen LogP contribution in [0.25, 0.3) is 0 Å². The lowest BCUT2D eigenvalue weighted by Gasteiger charge is -2.29. The van der Waals surface area contributed by atoms with Crippen molar-refractivity contribution in [3.63, 3.8) is 0 Å². The molecule has 1 atom stereocenters. The summed E-state index contributed by atoms with van der Waals surface area (Å²) in [6.07, 6.45) is 9.63. The van der Waals surface area contributed by atoms with Crippen LogP contribution in [0.3, 0.4) is 0 Å². The molecule has 0 saturated carbocycles. The Morgan fingerprint density at radius 3 is 2.41 bits per heavy atom. The molecule has 5 nitrogen and oxygen atoms in total. The second-order valence-electron chi connectivity index (χ2n) is 8.35. The van der Waals surface area contributed by atoms with E-state index >= 15 is 0 Å². The van der Waals surface area contributed by atoms with E-state index in [2.05, 4.69) is 23.6 Å². The third-order valence-electron chi connectivity index (χ3n) is 5.96. The Hall–Kier alpha value is -1.40. The summed E-state index contributed by atoms with van der Waals surface area (Å²) in [7, 11) is -3.14. The maximum atomic E-state index is 12.2. The number of benzene rings is 1. The van der Waals surface area contributed by atoms with Gasteiger partial charge in [-0.05, 0) is 69.8 Å². The highest BCUT2D eigenvalue weighted by Gasteiger charge is 2.16. The van der Waals surface area contributed by atoms with E-state index in [-0.39, 0.29) is 0 Å². The van der Waals surface area contributed by atoms with Crippen molar-refractivity contribution in [2.24, 2.45) is 0 Å². The van der Waals surface area contributed by atoms with Gasteiger partial charge in [0.05, 0.1) is 4.90 Å². The van der Waals surface area contributed by atoms with Gasteiger partial charge in [-0.1, -0.05) is 31.9 Å². The summed E-state index contributed by atoms with van der Waals surface area (Å²) in [5.74, 6) is 0.336. The molecule has 1 aromatic carbocycles. The quantitative estimate of drug-likeness (QED) is 0.536. The van der Waals surface area contributed by atoms with Crippen LogP contribution in [0.15, 0.2) is 29.2 Å². The zero-order valence-corrected chi connectivity index (χ0v) is 19.2. The van der Waals surface area contributed by atoms with Crippen LogP contribution in [0.2, 0.25) is 0 Å². The third kappa shape index (κ3) is 8.09. The minimum Gasteiger partial charge on any atom is -0.343 e. The molecule has 1 aliphatic heterocycles. The topological polar surface area (TPSA) is 57.7 Å². The molecule has 1 saturated heterocycles. The van der Waals surface area contributed by atoms with Gasteiger partial charge in [-0.2, -0.15) is 0 Å². The van der Waals surface area contributed by atoms with Gasteiger partial charge in [0, 0.05) is 31.8 Å². The van der Waals surface area contributed by atoms with Crippen molar-refractivity contribution in [1.29, 1.82) is 0 Å². The van der Waals surface area contributed by atoms with Crippen molar-refractivity contribution in [2.75, 3.05) is 32.4 Å². The minimum atomic E-state index is -3.14. The Kier molecular flexibility index (Phi) is 9.63. The first kappa shape index (κ1) is 23.9. The number of nitrogens with zero attached hydrogens (tertiary/aromatic N) is 2. The molecule has 1 aliphatic rings. The second kappa shape index (κ2) is 11.7. The highest BCUT2D eigenvalue weighted by molar-refractivity contribution is 7.90. The number of hydrogen-bond acceptors (Lipinski definition) is 4. The Morgan fingerprint density at radius 2 is 1.76 bits per heavy atom. The Bertz CT molecular complexity index is 731. The van der Waals surface area contributed by atoms with Gasteiger partial charge in [-0.15, -0.1) is 0 Å². The largest absolute Gasteiger partial charge is 0.343 e. The summed E-state index contributed by atoms with van der Waals surface area (Å²) >= 11 is 0. The number of hydrogen-bond donors (Lipinski definition) is 0. The first-order valence-electron chi connectivity index (χ1n) is 11.1. The molecular weight excluding hydrogens is 384 g/mol. The number of rotatable bonds is 10. The molecule has 6 heteroatoms. The lowest BCUT2D eigenvalue weighted by atomic mass is 10.1. The zero-order valence-electron chi connectivity index (χ0n) is 18.4. The van der Waals surface area contributed by atoms with Crippen molar-refractivity contribution in [3.05, 3.63) is 29.8 Å². The third-order valence-corrected chi connectivity index (χ3v) is 7.09. The number of likely N-dealkylation sites (tertiary alicyclic amines) is 1. The average molecular weight is 423 g/mol. The van der Waals surface area contributed by atoms with Gasteiger partial charge in [-0.25, -0.2) is 8.42 Å². The summed E-state index contributed by atoms with van der Waals surface area (Å²) in [5.41, 5.74) is 1.16. The summed E-state index contributed by atoms with van der Waals surface area (Å²) in [6.45, 7) is 8.25. The van der Waals surface area contributed by atoms with Crippen LogP contribution in [-0.2, 0) is 21.1 Å². The Labute approximate surface area is 177 Å². The van der Waals surface area contributed by atoms with Gasteiger partial charge >= 0.3 is 0 Å².